The summed E-state index contributed by atoms with van der Waals surface area (Å²) in [7, 11) is -3.65. The number of nitrogens with zero attached hydrogens (tertiary/aromatic N) is 4. The molecule has 0 saturated heterocycles. The highest BCUT2D eigenvalue weighted by Gasteiger charge is 2.17. The molecule has 0 amide bonds. The third kappa shape index (κ3) is 4.03. The van der Waals surface area contributed by atoms with Gasteiger partial charge in [-0.1, -0.05) is 19.0 Å². The van der Waals surface area contributed by atoms with Crippen molar-refractivity contribution >= 4 is 27.3 Å². The van der Waals surface area contributed by atoms with Crippen molar-refractivity contribution in [3.05, 3.63) is 36.0 Å². The highest BCUT2D eigenvalue weighted by Crippen LogP contribution is 2.26. The molecule has 0 radical (unpaired) electrons. The number of rotatable bonds is 5. The van der Waals surface area contributed by atoms with E-state index in [-0.39, 0.29) is 34.2 Å². The highest BCUT2D eigenvalue weighted by molar-refractivity contribution is 7.90. The van der Waals surface area contributed by atoms with E-state index in [0.717, 1.165) is 18.4 Å². The zero-order valence-electron chi connectivity index (χ0n) is 14.8. The Morgan fingerprint density at radius 3 is 2.56 bits per heavy atom. The van der Waals surface area contributed by atoms with E-state index in [2.05, 4.69) is 25.4 Å². The number of nitrogen functional groups attached to an aromatic ring is 1. The van der Waals surface area contributed by atoms with Crippen LogP contribution in [-0.4, -0.2) is 34.8 Å². The van der Waals surface area contributed by atoms with Crippen molar-refractivity contribution in [3.8, 4) is 11.5 Å². The van der Waals surface area contributed by atoms with Crippen molar-refractivity contribution in [2.75, 3.05) is 17.3 Å². The molecule has 3 rings (SSSR count). The van der Waals surface area contributed by atoms with Gasteiger partial charge < -0.3 is 15.6 Å². The molecule has 11 heteroatoms. The first-order valence-electron chi connectivity index (χ1n) is 7.88. The summed E-state index contributed by atoms with van der Waals surface area (Å²) in [5.74, 6) is 0.153. The molecule has 2 aromatic heterocycles. The van der Waals surface area contributed by atoms with E-state index in [0.29, 0.717) is 11.4 Å². The minimum Gasteiger partial charge on any atom is -0.383 e. The first kappa shape index (κ1) is 18.7. The zero-order valence-corrected chi connectivity index (χ0v) is 15.6. The molecule has 27 heavy (non-hydrogen) atoms. The molecular formula is C16H17FN6O3S. The maximum atomic E-state index is 14.0. The topological polar surface area (TPSA) is 137 Å². The average molecular weight is 392 g/mol. The monoisotopic (exact) mass is 392 g/mol. The lowest BCUT2D eigenvalue weighted by Gasteiger charge is -2.08. The van der Waals surface area contributed by atoms with Gasteiger partial charge in [0.25, 0.3) is 5.89 Å². The predicted molar refractivity (Wildman–Crippen MR) is 96.6 cm³/mol. The van der Waals surface area contributed by atoms with Gasteiger partial charge in [-0.05, 0) is 18.2 Å². The molecule has 1 aromatic carbocycles. The van der Waals surface area contributed by atoms with Gasteiger partial charge in [-0.15, -0.1) is 0 Å². The van der Waals surface area contributed by atoms with Crippen molar-refractivity contribution < 1.29 is 17.3 Å². The summed E-state index contributed by atoms with van der Waals surface area (Å²) < 4.78 is 42.1. The van der Waals surface area contributed by atoms with Crippen LogP contribution in [0.15, 0.2) is 33.8 Å². The van der Waals surface area contributed by atoms with Gasteiger partial charge >= 0.3 is 0 Å². The van der Waals surface area contributed by atoms with Gasteiger partial charge in [-0.25, -0.2) is 17.8 Å². The summed E-state index contributed by atoms with van der Waals surface area (Å²) in [5, 5.41) is 6.62. The van der Waals surface area contributed by atoms with Gasteiger partial charge in [0.1, 0.15) is 22.1 Å². The molecule has 0 bridgehead atoms. The maximum Gasteiger partial charge on any atom is 0.263 e. The molecule has 0 saturated carbocycles. The lowest BCUT2D eigenvalue weighted by molar-refractivity contribution is 0.419. The second-order valence-electron chi connectivity index (χ2n) is 6.15. The fraction of sp³-hybridized carbons (Fsp3) is 0.250. The van der Waals surface area contributed by atoms with Crippen LogP contribution in [0.2, 0.25) is 0 Å². The van der Waals surface area contributed by atoms with Crippen LogP contribution in [0.1, 0.15) is 25.6 Å². The van der Waals surface area contributed by atoms with Crippen molar-refractivity contribution in [3.63, 3.8) is 0 Å². The van der Waals surface area contributed by atoms with Gasteiger partial charge in [-0.2, -0.15) is 9.97 Å². The van der Waals surface area contributed by atoms with Gasteiger partial charge in [0.05, 0.1) is 0 Å². The van der Waals surface area contributed by atoms with Crippen LogP contribution in [0, 0.1) is 5.82 Å². The third-order valence-corrected chi connectivity index (χ3v) is 4.72. The van der Waals surface area contributed by atoms with Crippen LogP contribution in [-0.2, 0) is 9.84 Å². The maximum absolute atomic E-state index is 14.0. The lowest BCUT2D eigenvalue weighted by Crippen LogP contribution is -2.04. The number of aromatic nitrogens is 4. The Bertz CT molecular complexity index is 1100. The number of sulfone groups is 1. The van der Waals surface area contributed by atoms with Crippen molar-refractivity contribution in [1.82, 2.24) is 20.1 Å². The fourth-order valence-electron chi connectivity index (χ4n) is 2.21. The number of hydrogen-bond donors (Lipinski definition) is 2. The Hall–Kier alpha value is -3.08. The molecule has 0 atom stereocenters. The molecule has 2 heterocycles. The Morgan fingerprint density at radius 2 is 2.00 bits per heavy atom. The third-order valence-electron chi connectivity index (χ3n) is 3.59. The first-order valence-corrected chi connectivity index (χ1v) is 9.77. The van der Waals surface area contributed by atoms with E-state index in [4.69, 9.17) is 10.3 Å². The van der Waals surface area contributed by atoms with Crippen LogP contribution in [0.4, 0.5) is 21.8 Å². The van der Waals surface area contributed by atoms with Crippen molar-refractivity contribution in [1.29, 1.82) is 0 Å². The Balaban J connectivity index is 1.85. The summed E-state index contributed by atoms with van der Waals surface area (Å²) in [6.07, 6.45) is 2.34. The fourth-order valence-corrected chi connectivity index (χ4v) is 2.94. The second-order valence-corrected chi connectivity index (χ2v) is 8.13. The van der Waals surface area contributed by atoms with Gasteiger partial charge in [0.15, 0.2) is 15.7 Å². The number of nitrogens with one attached hydrogen (secondary N) is 1. The van der Waals surface area contributed by atoms with E-state index in [1.165, 1.54) is 12.3 Å². The van der Waals surface area contributed by atoms with E-state index < -0.39 is 15.7 Å². The largest absolute Gasteiger partial charge is 0.383 e. The number of halogens is 1. The Kier molecular flexibility index (Phi) is 4.79. The summed E-state index contributed by atoms with van der Waals surface area (Å²) in [6.45, 7) is 3.85. The van der Waals surface area contributed by atoms with E-state index in [1.807, 2.05) is 13.8 Å². The second kappa shape index (κ2) is 6.91. The summed E-state index contributed by atoms with van der Waals surface area (Å²) >= 11 is 0. The highest BCUT2D eigenvalue weighted by atomic mass is 32.2. The van der Waals surface area contributed by atoms with Crippen molar-refractivity contribution in [2.45, 2.75) is 24.7 Å². The number of hydrogen-bond acceptors (Lipinski definition) is 9. The average Bonchev–Trinajstić information content (AvgIpc) is 3.04. The summed E-state index contributed by atoms with van der Waals surface area (Å²) in [6, 6.07) is 3.60. The molecule has 0 unspecified atom stereocenters. The molecule has 142 valence electrons. The molecule has 0 aliphatic rings. The summed E-state index contributed by atoms with van der Waals surface area (Å²) in [4.78, 5) is 12.0. The van der Waals surface area contributed by atoms with E-state index >= 15 is 0 Å². The van der Waals surface area contributed by atoms with Crippen LogP contribution < -0.4 is 11.1 Å². The Morgan fingerprint density at radius 1 is 1.26 bits per heavy atom. The first-order chi connectivity index (χ1) is 12.6. The van der Waals surface area contributed by atoms with Crippen LogP contribution in [0.3, 0.4) is 0 Å². The lowest BCUT2D eigenvalue weighted by atomic mass is 10.2. The number of nitrogens with two attached hydrogens (primary N) is 1. The predicted octanol–water partition coefficient (Wildman–Crippen LogP) is 2.52. The van der Waals surface area contributed by atoms with E-state index in [9.17, 15) is 12.8 Å². The normalized spacial score (nSPS) is 11.7. The number of anilines is 3. The zero-order chi connectivity index (χ0) is 19.8. The standard InChI is InChI=1S/C16H17FN6O3S/c1-8(2)14-22-15(26-23-14)10-7-19-16(21-13(10)18)20-9-4-5-12(11(17)6-9)27(3,24)25/h4-8H,1-3H3,(H3,18,19,20,21). The quantitative estimate of drug-likeness (QED) is 0.671. The molecular weight excluding hydrogens is 375 g/mol. The van der Waals surface area contributed by atoms with Crippen molar-refractivity contribution in [2.24, 2.45) is 0 Å². The molecule has 0 aliphatic carbocycles. The van der Waals surface area contributed by atoms with Gasteiger partial charge in [0.2, 0.25) is 5.95 Å². The molecule has 0 aliphatic heterocycles. The molecule has 0 fully saturated rings. The van der Waals surface area contributed by atoms with Gasteiger partial charge in [-0.3, -0.25) is 0 Å². The summed E-state index contributed by atoms with van der Waals surface area (Å²) in [5.41, 5.74) is 6.58. The SMILES string of the molecule is CC(C)c1noc(-c2cnc(Nc3ccc(S(C)(=O)=O)c(F)c3)nc2N)n1. The van der Waals surface area contributed by atoms with Crippen LogP contribution in [0.5, 0.6) is 0 Å². The molecule has 9 nitrogen and oxygen atoms in total. The molecule has 3 aromatic rings. The molecule has 0 spiro atoms. The van der Waals surface area contributed by atoms with Crippen LogP contribution in [0.25, 0.3) is 11.5 Å². The molecule has 3 N–H and O–H groups in total. The number of benzene rings is 1. The minimum absolute atomic E-state index is 0.0929. The Labute approximate surface area is 154 Å². The van der Waals surface area contributed by atoms with E-state index in [1.54, 1.807) is 0 Å². The van der Waals surface area contributed by atoms with Gasteiger partial charge in [0, 0.05) is 24.1 Å². The van der Waals surface area contributed by atoms with Crippen LogP contribution >= 0.6 is 0 Å². The minimum atomic E-state index is -3.65. The smallest absolute Gasteiger partial charge is 0.263 e.